The summed E-state index contributed by atoms with van der Waals surface area (Å²) in [5.74, 6) is -0.245. The van der Waals surface area contributed by atoms with E-state index in [-0.39, 0.29) is 23.5 Å². The third-order valence-electron chi connectivity index (χ3n) is 4.30. The minimum absolute atomic E-state index is 0.0770. The topological polar surface area (TPSA) is 61.8 Å². The van der Waals surface area contributed by atoms with Crippen LogP contribution in [0.15, 0.2) is 35.3 Å². The van der Waals surface area contributed by atoms with E-state index in [1.54, 1.807) is 0 Å². The minimum atomic E-state index is -0.362. The maximum Gasteiger partial charge on any atom is 0.262 e. The monoisotopic (exact) mass is 345 g/mol. The van der Waals surface area contributed by atoms with Crippen LogP contribution in [0.1, 0.15) is 31.2 Å². The average Bonchev–Trinajstić information content (AvgIpc) is 2.97. The Bertz CT molecular complexity index is 612. The van der Waals surface area contributed by atoms with Crippen molar-refractivity contribution in [2.75, 3.05) is 19.6 Å². The fourth-order valence-corrected chi connectivity index (χ4v) is 4.08. The number of nitrogens with one attached hydrogen (secondary N) is 1. The predicted molar refractivity (Wildman–Crippen MR) is 97.0 cm³/mol. The van der Waals surface area contributed by atoms with Gasteiger partial charge in [0.2, 0.25) is 5.91 Å². The third-order valence-corrected chi connectivity index (χ3v) is 5.52. The number of aliphatic imine (C=N–C) groups is 1. The number of amidine groups is 1. The van der Waals surface area contributed by atoms with Crippen molar-refractivity contribution in [3.63, 3.8) is 0 Å². The molecule has 6 heteroatoms. The molecule has 1 aromatic rings. The summed E-state index contributed by atoms with van der Waals surface area (Å²) in [5, 5.41) is 3.35. The van der Waals surface area contributed by atoms with Crippen molar-refractivity contribution in [2.24, 2.45) is 4.99 Å². The van der Waals surface area contributed by atoms with Crippen LogP contribution in [0, 0.1) is 0 Å². The summed E-state index contributed by atoms with van der Waals surface area (Å²) in [6, 6.07) is 10.0. The van der Waals surface area contributed by atoms with E-state index in [4.69, 9.17) is 0 Å². The molecule has 1 atom stereocenters. The van der Waals surface area contributed by atoms with Gasteiger partial charge in [0.05, 0.1) is 0 Å². The molecule has 2 aliphatic rings. The quantitative estimate of drug-likeness (QED) is 0.889. The van der Waals surface area contributed by atoms with Crippen molar-refractivity contribution in [1.29, 1.82) is 0 Å². The lowest BCUT2D eigenvalue weighted by Crippen LogP contribution is -2.33. The van der Waals surface area contributed by atoms with E-state index in [0.29, 0.717) is 6.54 Å². The summed E-state index contributed by atoms with van der Waals surface area (Å²) in [4.78, 5) is 30.5. The Hall–Kier alpha value is -1.82. The van der Waals surface area contributed by atoms with Gasteiger partial charge in [-0.2, -0.15) is 4.99 Å². The highest BCUT2D eigenvalue weighted by molar-refractivity contribution is 8.15. The highest BCUT2D eigenvalue weighted by Crippen LogP contribution is 2.28. The first kappa shape index (κ1) is 17.0. The summed E-state index contributed by atoms with van der Waals surface area (Å²) in [6.45, 7) is 2.53. The maximum atomic E-state index is 12.1. The van der Waals surface area contributed by atoms with E-state index in [1.165, 1.54) is 23.7 Å². The van der Waals surface area contributed by atoms with Gasteiger partial charge in [-0.1, -0.05) is 42.1 Å². The van der Waals surface area contributed by atoms with Crippen LogP contribution in [0.5, 0.6) is 0 Å². The van der Waals surface area contributed by atoms with Gasteiger partial charge in [0, 0.05) is 26.1 Å². The Balaban J connectivity index is 1.41. The van der Waals surface area contributed by atoms with Crippen LogP contribution in [0.2, 0.25) is 0 Å². The maximum absolute atomic E-state index is 12.1. The largest absolute Gasteiger partial charge is 0.356 e. The number of likely N-dealkylation sites (tertiary alicyclic amines) is 1. The summed E-state index contributed by atoms with van der Waals surface area (Å²) >= 11 is 1.45. The molecule has 3 rings (SSSR count). The van der Waals surface area contributed by atoms with Crippen LogP contribution in [-0.4, -0.2) is 46.8 Å². The molecule has 1 aromatic carbocycles. The van der Waals surface area contributed by atoms with Gasteiger partial charge in [-0.15, -0.1) is 0 Å². The first-order valence-corrected chi connectivity index (χ1v) is 9.45. The molecule has 1 N–H and O–H groups in total. The van der Waals surface area contributed by atoms with Crippen LogP contribution in [0.25, 0.3) is 0 Å². The smallest absolute Gasteiger partial charge is 0.262 e. The van der Waals surface area contributed by atoms with Crippen molar-refractivity contribution in [3.8, 4) is 0 Å². The molecule has 24 heavy (non-hydrogen) atoms. The van der Waals surface area contributed by atoms with Crippen LogP contribution in [-0.2, 0) is 16.0 Å². The van der Waals surface area contributed by atoms with Gasteiger partial charge in [0.15, 0.2) is 5.17 Å². The summed E-state index contributed by atoms with van der Waals surface area (Å²) in [7, 11) is 0. The van der Waals surface area contributed by atoms with Gasteiger partial charge in [0.1, 0.15) is 5.25 Å². The molecule has 0 saturated carbocycles. The van der Waals surface area contributed by atoms with Crippen LogP contribution in [0.3, 0.4) is 0 Å². The molecule has 1 saturated heterocycles. The summed E-state index contributed by atoms with van der Waals surface area (Å²) < 4.78 is 0. The number of nitrogens with zero attached hydrogens (tertiary/aromatic N) is 2. The first-order chi connectivity index (χ1) is 11.7. The molecule has 1 fully saturated rings. The summed E-state index contributed by atoms with van der Waals surface area (Å²) in [6.07, 6.45) is 4.56. The highest BCUT2D eigenvalue weighted by Gasteiger charge is 2.33. The van der Waals surface area contributed by atoms with Gasteiger partial charge in [-0.25, -0.2) is 0 Å². The number of hydrogen-bond acceptors (Lipinski definition) is 4. The second kappa shape index (κ2) is 8.33. The predicted octanol–water partition coefficient (Wildman–Crippen LogP) is 2.22. The number of carbonyl (C=O) groups is 2. The molecule has 0 bridgehead atoms. The average molecular weight is 345 g/mol. The molecular formula is C18H23N3O2S. The highest BCUT2D eigenvalue weighted by atomic mass is 32.2. The molecule has 5 nitrogen and oxygen atoms in total. The number of amides is 2. The number of carbonyl (C=O) groups excluding carboxylic acids is 2. The number of thioether (sulfide) groups is 1. The second-order valence-electron chi connectivity index (χ2n) is 6.18. The lowest BCUT2D eigenvalue weighted by Gasteiger charge is -2.27. The van der Waals surface area contributed by atoms with Gasteiger partial charge in [-0.05, 0) is 31.2 Å². The molecule has 0 aliphatic carbocycles. The Morgan fingerprint density at radius 2 is 1.96 bits per heavy atom. The van der Waals surface area contributed by atoms with E-state index in [0.717, 1.165) is 37.5 Å². The van der Waals surface area contributed by atoms with Gasteiger partial charge in [-0.3, -0.25) is 9.59 Å². The second-order valence-corrected chi connectivity index (χ2v) is 7.35. The zero-order chi connectivity index (χ0) is 16.8. The van der Waals surface area contributed by atoms with Crippen LogP contribution >= 0.6 is 11.8 Å². The Kier molecular flexibility index (Phi) is 5.91. The van der Waals surface area contributed by atoms with Gasteiger partial charge >= 0.3 is 0 Å². The molecule has 128 valence electrons. The zero-order valence-corrected chi connectivity index (χ0v) is 14.6. The standard InChI is InChI=1S/C18H23N3O2S/c22-16(19-10-9-14-7-3-1-4-8-14)13-15-17(23)20-18(24-15)21-11-5-2-6-12-21/h1,3-4,7-8,15H,2,5-6,9-13H2,(H,19,22). The van der Waals surface area contributed by atoms with E-state index in [9.17, 15) is 9.59 Å². The van der Waals surface area contributed by atoms with Crippen molar-refractivity contribution < 1.29 is 9.59 Å². The molecule has 2 amide bonds. The zero-order valence-electron chi connectivity index (χ0n) is 13.7. The molecular weight excluding hydrogens is 322 g/mol. The Morgan fingerprint density at radius 1 is 1.21 bits per heavy atom. The molecule has 1 unspecified atom stereocenters. The van der Waals surface area contributed by atoms with E-state index < -0.39 is 0 Å². The van der Waals surface area contributed by atoms with Gasteiger partial charge in [0.25, 0.3) is 5.91 Å². The summed E-state index contributed by atoms with van der Waals surface area (Å²) in [5.41, 5.74) is 1.19. The van der Waals surface area contributed by atoms with E-state index >= 15 is 0 Å². The van der Waals surface area contributed by atoms with E-state index in [1.807, 2.05) is 30.3 Å². The molecule has 2 aliphatic heterocycles. The number of rotatable bonds is 5. The Morgan fingerprint density at radius 3 is 2.71 bits per heavy atom. The molecule has 0 spiro atoms. The van der Waals surface area contributed by atoms with Crippen molar-refractivity contribution >= 4 is 28.7 Å². The van der Waals surface area contributed by atoms with Crippen LogP contribution in [0.4, 0.5) is 0 Å². The van der Waals surface area contributed by atoms with Crippen LogP contribution < -0.4 is 5.32 Å². The Labute approximate surface area is 146 Å². The molecule has 2 heterocycles. The lowest BCUT2D eigenvalue weighted by molar-refractivity contribution is -0.124. The van der Waals surface area contributed by atoms with E-state index in [2.05, 4.69) is 15.2 Å². The SMILES string of the molecule is O=C(CC1SC(N2CCCCC2)=NC1=O)NCCc1ccccc1. The van der Waals surface area contributed by atoms with Gasteiger partial charge < -0.3 is 10.2 Å². The lowest BCUT2D eigenvalue weighted by atomic mass is 10.1. The number of benzene rings is 1. The fourth-order valence-electron chi connectivity index (χ4n) is 2.96. The third kappa shape index (κ3) is 4.60. The fraction of sp³-hybridized carbons (Fsp3) is 0.500. The minimum Gasteiger partial charge on any atom is -0.356 e. The number of hydrogen-bond donors (Lipinski definition) is 1. The van der Waals surface area contributed by atoms with Crippen molar-refractivity contribution in [1.82, 2.24) is 10.2 Å². The normalized spacial score (nSPS) is 20.8. The molecule has 0 radical (unpaired) electrons. The molecule has 0 aromatic heterocycles. The van der Waals surface area contributed by atoms with Crippen molar-refractivity contribution in [3.05, 3.63) is 35.9 Å². The van der Waals surface area contributed by atoms with Crippen molar-refractivity contribution in [2.45, 2.75) is 37.4 Å². The number of piperidine rings is 1. The first-order valence-electron chi connectivity index (χ1n) is 8.57.